The summed E-state index contributed by atoms with van der Waals surface area (Å²) in [6, 6.07) is 11.6. The number of halogens is 2. The molecular formula is C18H16F2N4O. The summed E-state index contributed by atoms with van der Waals surface area (Å²) in [5.74, 6) is -1.87. The Hall–Kier alpha value is -3.22. The third-order valence-corrected chi connectivity index (χ3v) is 3.69. The van der Waals surface area contributed by atoms with Crippen LogP contribution in [0.4, 0.5) is 19.3 Å². The molecule has 1 heterocycles. The Morgan fingerprint density at radius 3 is 2.64 bits per heavy atom. The highest BCUT2D eigenvalue weighted by Gasteiger charge is 2.13. The first kappa shape index (κ1) is 16.6. The highest BCUT2D eigenvalue weighted by Crippen LogP contribution is 2.20. The van der Waals surface area contributed by atoms with Crippen molar-refractivity contribution in [2.75, 3.05) is 5.32 Å². The van der Waals surface area contributed by atoms with Crippen LogP contribution in [0.5, 0.6) is 0 Å². The Labute approximate surface area is 143 Å². The zero-order chi connectivity index (χ0) is 17.8. The van der Waals surface area contributed by atoms with E-state index in [9.17, 15) is 13.6 Å². The van der Waals surface area contributed by atoms with Gasteiger partial charge in [-0.15, -0.1) is 0 Å². The van der Waals surface area contributed by atoms with E-state index in [0.29, 0.717) is 16.9 Å². The Bertz CT molecular complexity index is 881. The van der Waals surface area contributed by atoms with E-state index in [1.807, 2.05) is 12.1 Å². The van der Waals surface area contributed by atoms with Crippen LogP contribution >= 0.6 is 0 Å². The summed E-state index contributed by atoms with van der Waals surface area (Å²) < 4.78 is 28.0. The first-order chi connectivity index (χ1) is 12.0. The van der Waals surface area contributed by atoms with Crippen molar-refractivity contribution in [3.05, 3.63) is 78.1 Å². The molecule has 3 rings (SSSR count). The van der Waals surface area contributed by atoms with Crippen LogP contribution in [0, 0.1) is 11.6 Å². The van der Waals surface area contributed by atoms with Gasteiger partial charge in [0.25, 0.3) is 0 Å². The molecule has 3 aromatic rings. The smallest absolute Gasteiger partial charge is 0.319 e. The van der Waals surface area contributed by atoms with Gasteiger partial charge < -0.3 is 10.6 Å². The number of carbonyl (C=O) groups is 1. The van der Waals surface area contributed by atoms with Gasteiger partial charge in [0, 0.05) is 12.4 Å². The number of carbonyl (C=O) groups excluding carboxylic acids is 1. The van der Waals surface area contributed by atoms with Crippen molar-refractivity contribution < 1.29 is 13.6 Å². The average molecular weight is 342 g/mol. The van der Waals surface area contributed by atoms with Gasteiger partial charge in [0.1, 0.15) is 0 Å². The fraction of sp³-hybridized carbons (Fsp3) is 0.111. The monoisotopic (exact) mass is 342 g/mol. The van der Waals surface area contributed by atoms with Crippen LogP contribution < -0.4 is 10.6 Å². The molecule has 2 aromatic carbocycles. The number of hydrogen-bond donors (Lipinski definition) is 2. The molecule has 2 amide bonds. The molecule has 5 nitrogen and oxygen atoms in total. The maximum absolute atomic E-state index is 13.3. The molecule has 0 aliphatic heterocycles. The van der Waals surface area contributed by atoms with E-state index in [-0.39, 0.29) is 0 Å². The molecule has 7 heteroatoms. The van der Waals surface area contributed by atoms with Crippen LogP contribution in [0.3, 0.4) is 0 Å². The van der Waals surface area contributed by atoms with E-state index in [1.54, 1.807) is 42.2 Å². The SMILES string of the molecule is CC(NC(=O)Nc1ccccc1-n1cccn1)c1ccc(F)c(F)c1. The van der Waals surface area contributed by atoms with E-state index < -0.39 is 23.7 Å². The molecule has 0 fully saturated rings. The van der Waals surface area contributed by atoms with Crippen molar-refractivity contribution >= 4 is 11.7 Å². The van der Waals surface area contributed by atoms with Crippen molar-refractivity contribution in [1.29, 1.82) is 0 Å². The van der Waals surface area contributed by atoms with E-state index in [2.05, 4.69) is 15.7 Å². The third kappa shape index (κ3) is 3.82. The van der Waals surface area contributed by atoms with Gasteiger partial charge in [-0.05, 0) is 42.8 Å². The number of anilines is 1. The molecule has 0 saturated heterocycles. The lowest BCUT2D eigenvalue weighted by molar-refractivity contribution is 0.249. The van der Waals surface area contributed by atoms with Crippen LogP contribution in [-0.4, -0.2) is 15.8 Å². The second kappa shape index (κ2) is 7.12. The van der Waals surface area contributed by atoms with Crippen LogP contribution in [0.25, 0.3) is 5.69 Å². The molecule has 1 aromatic heterocycles. The molecule has 128 valence electrons. The lowest BCUT2D eigenvalue weighted by Crippen LogP contribution is -2.31. The normalized spacial score (nSPS) is 11.8. The predicted octanol–water partition coefficient (Wildman–Crippen LogP) is 4.03. The van der Waals surface area contributed by atoms with E-state index in [0.717, 1.165) is 12.1 Å². The number of urea groups is 1. The van der Waals surface area contributed by atoms with Gasteiger partial charge in [-0.2, -0.15) is 5.10 Å². The van der Waals surface area contributed by atoms with Gasteiger partial charge in [0.15, 0.2) is 11.6 Å². The molecule has 25 heavy (non-hydrogen) atoms. The number of nitrogens with one attached hydrogen (secondary N) is 2. The molecule has 0 bridgehead atoms. The molecule has 0 spiro atoms. The number of benzene rings is 2. The molecule has 1 unspecified atom stereocenters. The summed E-state index contributed by atoms with van der Waals surface area (Å²) >= 11 is 0. The Balaban J connectivity index is 1.72. The van der Waals surface area contributed by atoms with E-state index in [1.165, 1.54) is 6.07 Å². The van der Waals surface area contributed by atoms with Crippen molar-refractivity contribution in [3.63, 3.8) is 0 Å². The van der Waals surface area contributed by atoms with Crippen molar-refractivity contribution in [2.24, 2.45) is 0 Å². The summed E-state index contributed by atoms with van der Waals surface area (Å²) in [7, 11) is 0. The molecule has 0 aliphatic carbocycles. The number of rotatable bonds is 4. The van der Waals surface area contributed by atoms with Crippen molar-refractivity contribution in [1.82, 2.24) is 15.1 Å². The number of hydrogen-bond acceptors (Lipinski definition) is 2. The fourth-order valence-electron chi connectivity index (χ4n) is 2.41. The van der Waals surface area contributed by atoms with Gasteiger partial charge in [0.05, 0.1) is 17.4 Å². The first-order valence-corrected chi connectivity index (χ1v) is 7.66. The number of nitrogens with zero attached hydrogens (tertiary/aromatic N) is 2. The van der Waals surface area contributed by atoms with Gasteiger partial charge >= 0.3 is 6.03 Å². The summed E-state index contributed by atoms with van der Waals surface area (Å²) in [5, 5.41) is 9.59. The first-order valence-electron chi connectivity index (χ1n) is 7.66. The third-order valence-electron chi connectivity index (χ3n) is 3.69. The lowest BCUT2D eigenvalue weighted by Gasteiger charge is -2.16. The molecule has 0 aliphatic rings. The quantitative estimate of drug-likeness (QED) is 0.752. The minimum absolute atomic E-state index is 0.461. The van der Waals surface area contributed by atoms with Crippen LogP contribution in [0.1, 0.15) is 18.5 Å². The largest absolute Gasteiger partial charge is 0.331 e. The number of aromatic nitrogens is 2. The van der Waals surface area contributed by atoms with Gasteiger partial charge in [-0.25, -0.2) is 18.3 Å². The topological polar surface area (TPSA) is 59.0 Å². The lowest BCUT2D eigenvalue weighted by atomic mass is 10.1. The maximum atomic E-state index is 13.3. The van der Waals surface area contributed by atoms with Gasteiger partial charge in [0.2, 0.25) is 0 Å². The van der Waals surface area contributed by atoms with Crippen molar-refractivity contribution in [3.8, 4) is 5.69 Å². The molecule has 0 radical (unpaired) electrons. The van der Waals surface area contributed by atoms with Crippen LogP contribution in [-0.2, 0) is 0 Å². The van der Waals surface area contributed by atoms with Gasteiger partial charge in [-0.1, -0.05) is 18.2 Å². The minimum atomic E-state index is -0.949. The van der Waals surface area contributed by atoms with E-state index >= 15 is 0 Å². The standard InChI is InChI=1S/C18H16F2N4O/c1-12(13-7-8-14(19)15(20)11-13)22-18(25)23-16-5-2-3-6-17(16)24-10-4-9-21-24/h2-12H,1H3,(H2,22,23,25). The zero-order valence-corrected chi connectivity index (χ0v) is 13.4. The van der Waals surface area contributed by atoms with Crippen LogP contribution in [0.2, 0.25) is 0 Å². The summed E-state index contributed by atoms with van der Waals surface area (Å²) in [5.41, 5.74) is 1.75. The minimum Gasteiger partial charge on any atom is -0.331 e. The Morgan fingerprint density at radius 1 is 1.12 bits per heavy atom. The summed E-state index contributed by atoms with van der Waals surface area (Å²) in [4.78, 5) is 12.3. The molecular weight excluding hydrogens is 326 g/mol. The van der Waals surface area contributed by atoms with Crippen LogP contribution in [0.15, 0.2) is 60.9 Å². The average Bonchev–Trinajstić information content (AvgIpc) is 3.12. The molecule has 2 N–H and O–H groups in total. The Kier molecular flexibility index (Phi) is 4.74. The highest BCUT2D eigenvalue weighted by atomic mass is 19.2. The van der Waals surface area contributed by atoms with Crippen molar-refractivity contribution in [2.45, 2.75) is 13.0 Å². The van der Waals surface area contributed by atoms with E-state index in [4.69, 9.17) is 0 Å². The number of amides is 2. The van der Waals surface area contributed by atoms with Gasteiger partial charge in [-0.3, -0.25) is 0 Å². The second-order valence-corrected chi connectivity index (χ2v) is 5.46. The Morgan fingerprint density at radius 2 is 1.92 bits per heavy atom. The highest BCUT2D eigenvalue weighted by molar-refractivity contribution is 5.91. The number of para-hydroxylation sites is 2. The summed E-state index contributed by atoms with van der Waals surface area (Å²) in [6.45, 7) is 1.69. The molecule has 1 atom stereocenters. The fourth-order valence-corrected chi connectivity index (χ4v) is 2.41. The summed E-state index contributed by atoms with van der Waals surface area (Å²) in [6.07, 6.45) is 3.41. The zero-order valence-electron chi connectivity index (χ0n) is 13.4. The maximum Gasteiger partial charge on any atom is 0.319 e. The predicted molar refractivity (Wildman–Crippen MR) is 90.5 cm³/mol. The molecule has 0 saturated carbocycles. The second-order valence-electron chi connectivity index (χ2n) is 5.46.